The molecule has 1 aliphatic rings. The maximum atomic E-state index is 11.8. The third-order valence-corrected chi connectivity index (χ3v) is 7.36. The predicted molar refractivity (Wildman–Crippen MR) is 120 cm³/mol. The van der Waals surface area contributed by atoms with Crippen LogP contribution in [0.3, 0.4) is 0 Å². The Bertz CT molecular complexity index is 754. The number of nitrogens with zero attached hydrogens (tertiary/aromatic N) is 1. The monoisotopic (exact) mass is 402 g/mol. The normalized spacial score (nSPS) is 20.0. The molecule has 0 atom stereocenters. The van der Waals surface area contributed by atoms with Crippen molar-refractivity contribution in [3.63, 3.8) is 0 Å². The summed E-state index contributed by atoms with van der Waals surface area (Å²) in [5.74, 6) is 3.13. The van der Waals surface area contributed by atoms with Crippen molar-refractivity contribution in [2.45, 2.75) is 43.4 Å². The molecule has 0 unspecified atom stereocenters. The molecule has 2 aromatic carbocycles. The molecule has 0 amide bonds. The molecule has 3 rings (SSSR count). The molecule has 0 saturated carbocycles. The van der Waals surface area contributed by atoms with Crippen molar-refractivity contribution < 1.29 is 4.21 Å². The van der Waals surface area contributed by atoms with Gasteiger partial charge in [0.1, 0.15) is 0 Å². The van der Waals surface area contributed by atoms with Crippen LogP contribution >= 0.6 is 11.8 Å². The molecule has 0 aromatic heterocycles. The van der Waals surface area contributed by atoms with Crippen LogP contribution in [-0.2, 0) is 16.6 Å². The van der Waals surface area contributed by atoms with E-state index in [0.717, 1.165) is 48.0 Å². The van der Waals surface area contributed by atoms with Crippen LogP contribution in [-0.4, -0.2) is 28.3 Å². The van der Waals surface area contributed by atoms with Gasteiger partial charge in [-0.1, -0.05) is 44.2 Å². The van der Waals surface area contributed by atoms with Gasteiger partial charge in [0.2, 0.25) is 0 Å². The fourth-order valence-corrected chi connectivity index (χ4v) is 5.73. The van der Waals surface area contributed by atoms with Crippen LogP contribution in [0.5, 0.6) is 0 Å². The lowest BCUT2D eigenvalue weighted by atomic mass is 10.0. The first kappa shape index (κ1) is 20.3. The Morgan fingerprint density at radius 1 is 1.15 bits per heavy atom. The topological polar surface area (TPSA) is 46.3 Å². The lowest BCUT2D eigenvalue weighted by Crippen LogP contribution is -2.42. The molecular formula is C22H30N2OS2. The summed E-state index contributed by atoms with van der Waals surface area (Å²) in [5, 5.41) is 0. The van der Waals surface area contributed by atoms with Crippen LogP contribution < -0.4 is 10.6 Å². The van der Waals surface area contributed by atoms with Crippen LogP contribution in [0.2, 0.25) is 0 Å². The Morgan fingerprint density at radius 3 is 2.48 bits per heavy atom. The van der Waals surface area contributed by atoms with Crippen LogP contribution in [0, 0.1) is 5.92 Å². The fraction of sp³-hybridized carbons (Fsp3) is 0.455. The number of benzene rings is 2. The van der Waals surface area contributed by atoms with Gasteiger partial charge in [-0.2, -0.15) is 0 Å². The summed E-state index contributed by atoms with van der Waals surface area (Å²) in [6.07, 6.45) is 1.98. The standard InChI is InChI=1S/C22H30N2OS2/c1-17(2)15-24(19-10-12-27(25)13-11-19)22-9-8-20(14-21(22)23)26-16-18-6-4-3-5-7-18/h3-9,14,17,19H,10-13,15-16,23H2,1-2H3. The zero-order valence-corrected chi connectivity index (χ0v) is 17.9. The summed E-state index contributed by atoms with van der Waals surface area (Å²) in [5.41, 5.74) is 9.78. The molecule has 0 aliphatic carbocycles. The first-order chi connectivity index (χ1) is 13.0. The molecule has 1 fully saturated rings. The predicted octanol–water partition coefficient (Wildman–Crippen LogP) is 4.93. The number of hydrogen-bond donors (Lipinski definition) is 1. The van der Waals surface area contributed by atoms with Gasteiger partial charge in [-0.15, -0.1) is 11.8 Å². The van der Waals surface area contributed by atoms with Crippen LogP contribution in [0.15, 0.2) is 53.4 Å². The van der Waals surface area contributed by atoms with Crippen LogP contribution in [0.1, 0.15) is 32.3 Å². The Morgan fingerprint density at radius 2 is 1.85 bits per heavy atom. The van der Waals surface area contributed by atoms with Crippen molar-refractivity contribution in [1.82, 2.24) is 0 Å². The number of nitrogen functional groups attached to an aromatic ring is 1. The molecule has 5 heteroatoms. The number of rotatable bonds is 7. The molecule has 3 nitrogen and oxygen atoms in total. The minimum absolute atomic E-state index is 0.440. The minimum Gasteiger partial charge on any atom is -0.397 e. The number of thioether (sulfide) groups is 1. The van der Waals surface area contributed by atoms with E-state index in [1.807, 2.05) is 17.8 Å². The summed E-state index contributed by atoms with van der Waals surface area (Å²) in [7, 11) is -0.638. The summed E-state index contributed by atoms with van der Waals surface area (Å²) < 4.78 is 11.8. The molecule has 0 radical (unpaired) electrons. The van der Waals surface area contributed by atoms with Crippen molar-refractivity contribution in [1.29, 1.82) is 0 Å². The van der Waals surface area contributed by atoms with E-state index in [1.54, 1.807) is 0 Å². The van der Waals surface area contributed by atoms with Crippen molar-refractivity contribution in [3.8, 4) is 0 Å². The molecular weight excluding hydrogens is 372 g/mol. The molecule has 0 spiro atoms. The van der Waals surface area contributed by atoms with Gasteiger partial charge in [0, 0.05) is 45.5 Å². The van der Waals surface area contributed by atoms with Gasteiger partial charge in [-0.25, -0.2) is 0 Å². The maximum absolute atomic E-state index is 11.8. The van der Waals surface area contributed by atoms with Gasteiger partial charge in [0.25, 0.3) is 0 Å². The Kier molecular flexibility index (Phi) is 7.25. The number of nitrogens with two attached hydrogens (primary N) is 1. The molecule has 2 aromatic rings. The highest BCUT2D eigenvalue weighted by molar-refractivity contribution is 7.98. The van der Waals surface area contributed by atoms with Crippen molar-refractivity contribution >= 4 is 33.9 Å². The van der Waals surface area contributed by atoms with Crippen molar-refractivity contribution in [2.24, 2.45) is 5.92 Å². The number of anilines is 2. The van der Waals surface area contributed by atoms with E-state index >= 15 is 0 Å². The Labute approximate surface area is 170 Å². The van der Waals surface area contributed by atoms with E-state index < -0.39 is 10.8 Å². The van der Waals surface area contributed by atoms with E-state index in [1.165, 1.54) is 10.5 Å². The minimum atomic E-state index is -0.638. The van der Waals surface area contributed by atoms with Gasteiger partial charge in [0.15, 0.2) is 0 Å². The van der Waals surface area contributed by atoms with E-state index in [9.17, 15) is 4.21 Å². The molecule has 2 N–H and O–H groups in total. The van der Waals surface area contributed by atoms with Gasteiger partial charge in [0.05, 0.1) is 11.4 Å². The van der Waals surface area contributed by atoms with Gasteiger partial charge in [-0.05, 0) is 42.5 Å². The number of hydrogen-bond acceptors (Lipinski definition) is 4. The van der Waals surface area contributed by atoms with Crippen LogP contribution in [0.4, 0.5) is 11.4 Å². The Balaban J connectivity index is 1.73. The maximum Gasteiger partial charge on any atom is 0.0603 e. The molecule has 1 saturated heterocycles. The summed E-state index contributed by atoms with van der Waals surface area (Å²) in [4.78, 5) is 3.66. The summed E-state index contributed by atoms with van der Waals surface area (Å²) >= 11 is 1.82. The summed E-state index contributed by atoms with van der Waals surface area (Å²) in [6, 6.07) is 17.4. The molecule has 1 heterocycles. The Hall–Kier alpha value is -1.46. The molecule has 0 bridgehead atoms. The lowest BCUT2D eigenvalue weighted by molar-refractivity contribution is 0.500. The average Bonchev–Trinajstić information content (AvgIpc) is 2.66. The highest BCUT2D eigenvalue weighted by Crippen LogP contribution is 2.34. The highest BCUT2D eigenvalue weighted by Gasteiger charge is 2.26. The quantitative estimate of drug-likeness (QED) is 0.527. The van der Waals surface area contributed by atoms with E-state index in [4.69, 9.17) is 5.73 Å². The molecule has 146 valence electrons. The van der Waals surface area contributed by atoms with E-state index in [-0.39, 0.29) is 0 Å². The van der Waals surface area contributed by atoms with E-state index in [2.05, 4.69) is 61.2 Å². The van der Waals surface area contributed by atoms with Gasteiger partial charge >= 0.3 is 0 Å². The average molecular weight is 403 g/mol. The first-order valence-corrected chi connectivity index (χ1v) is 12.2. The molecule has 27 heavy (non-hydrogen) atoms. The molecule has 1 aliphatic heterocycles. The second kappa shape index (κ2) is 9.65. The highest BCUT2D eigenvalue weighted by atomic mass is 32.2. The van der Waals surface area contributed by atoms with Crippen molar-refractivity contribution in [2.75, 3.05) is 28.7 Å². The summed E-state index contributed by atoms with van der Waals surface area (Å²) in [6.45, 7) is 5.47. The smallest absolute Gasteiger partial charge is 0.0603 e. The lowest BCUT2D eigenvalue weighted by Gasteiger charge is -2.37. The van der Waals surface area contributed by atoms with E-state index in [0.29, 0.717) is 12.0 Å². The van der Waals surface area contributed by atoms with Crippen LogP contribution in [0.25, 0.3) is 0 Å². The van der Waals surface area contributed by atoms with Crippen molar-refractivity contribution in [3.05, 3.63) is 54.1 Å². The van der Waals surface area contributed by atoms with Gasteiger partial charge < -0.3 is 10.6 Å². The second-order valence-electron chi connectivity index (χ2n) is 7.62. The third kappa shape index (κ3) is 5.76. The van der Waals surface area contributed by atoms with Gasteiger partial charge in [-0.3, -0.25) is 4.21 Å². The third-order valence-electron chi connectivity index (χ3n) is 4.92. The largest absolute Gasteiger partial charge is 0.397 e. The second-order valence-corrected chi connectivity index (χ2v) is 10.4. The zero-order valence-electron chi connectivity index (χ0n) is 16.3. The SMILES string of the molecule is CC(C)CN(c1ccc(SCc2ccccc2)cc1N)C1CCS(=O)CC1. The first-order valence-electron chi connectivity index (χ1n) is 9.71. The zero-order chi connectivity index (χ0) is 19.2. The fourth-order valence-electron chi connectivity index (χ4n) is 3.56.